The summed E-state index contributed by atoms with van der Waals surface area (Å²) >= 11 is 0. The zero-order valence-corrected chi connectivity index (χ0v) is 12.5. The Balaban J connectivity index is 1.74. The van der Waals surface area contributed by atoms with Gasteiger partial charge in [0, 0.05) is 12.3 Å². The number of halogens is 3. The summed E-state index contributed by atoms with van der Waals surface area (Å²) in [5, 5.41) is 0. The molecule has 4 fully saturated rings. The van der Waals surface area contributed by atoms with Crippen molar-refractivity contribution in [3.8, 4) is 0 Å². The molecule has 1 aromatic rings. The van der Waals surface area contributed by atoms with Crippen molar-refractivity contribution in [2.45, 2.75) is 25.4 Å². The molecule has 1 aliphatic heterocycles. The lowest BCUT2D eigenvalue weighted by Gasteiger charge is -2.41. The standard InChI is InChI=1S/C17H14F3NO3/c18-17(19,20)9-2-1-3-10(7-9)21-15(23)13-8-4-5-11(12(22)6-8)14(13)16(21)24/h1-3,7-8,11,13-14H,4-6H2. The minimum Gasteiger partial charge on any atom is -0.299 e. The van der Waals surface area contributed by atoms with Gasteiger partial charge in [-0.1, -0.05) is 6.07 Å². The Kier molecular flexibility index (Phi) is 3.14. The van der Waals surface area contributed by atoms with Crippen LogP contribution in [0.25, 0.3) is 0 Å². The van der Waals surface area contributed by atoms with E-state index in [1.807, 2.05) is 0 Å². The van der Waals surface area contributed by atoms with Gasteiger partial charge in [0.1, 0.15) is 5.78 Å². The molecule has 3 saturated carbocycles. The molecule has 4 nitrogen and oxygen atoms in total. The highest BCUT2D eigenvalue weighted by molar-refractivity contribution is 6.23. The number of fused-ring (bicyclic) bond motifs is 2. The maximum Gasteiger partial charge on any atom is 0.416 e. The Morgan fingerprint density at radius 1 is 1.00 bits per heavy atom. The van der Waals surface area contributed by atoms with Crippen molar-refractivity contribution < 1.29 is 27.6 Å². The Bertz CT molecular complexity index is 758. The fourth-order valence-electron chi connectivity index (χ4n) is 4.46. The number of nitrogens with zero attached hydrogens (tertiary/aromatic N) is 1. The lowest BCUT2D eigenvalue weighted by molar-refractivity contribution is -0.143. The topological polar surface area (TPSA) is 54.5 Å². The molecular formula is C17H14F3NO3. The quantitative estimate of drug-likeness (QED) is 0.741. The van der Waals surface area contributed by atoms with Crippen LogP contribution in [0.4, 0.5) is 18.9 Å². The number of benzene rings is 1. The highest BCUT2D eigenvalue weighted by atomic mass is 19.4. The molecule has 5 rings (SSSR count). The third-order valence-electron chi connectivity index (χ3n) is 5.50. The van der Waals surface area contributed by atoms with Crippen molar-refractivity contribution in [3.05, 3.63) is 29.8 Å². The van der Waals surface area contributed by atoms with Gasteiger partial charge in [0.15, 0.2) is 0 Å². The number of Topliss-reactive ketones (excluding diaryl/α,β-unsaturated/α-hetero) is 1. The number of hydrogen-bond acceptors (Lipinski definition) is 3. The molecule has 0 spiro atoms. The van der Waals surface area contributed by atoms with Crippen molar-refractivity contribution in [2.24, 2.45) is 23.7 Å². The maximum atomic E-state index is 12.9. The Hall–Kier alpha value is -2.18. The first-order valence-electron chi connectivity index (χ1n) is 7.87. The Morgan fingerprint density at radius 2 is 1.71 bits per heavy atom. The van der Waals surface area contributed by atoms with E-state index >= 15 is 0 Å². The zero-order chi connectivity index (χ0) is 17.2. The number of alkyl halides is 3. The van der Waals surface area contributed by atoms with Gasteiger partial charge in [-0.05, 0) is 37.0 Å². The van der Waals surface area contributed by atoms with Crippen molar-refractivity contribution >= 4 is 23.3 Å². The largest absolute Gasteiger partial charge is 0.416 e. The number of carbonyl (C=O) groups is 3. The minimum absolute atomic E-state index is 0.000424. The normalized spacial score (nSPS) is 32.5. The molecule has 126 valence electrons. The van der Waals surface area contributed by atoms with E-state index < -0.39 is 41.3 Å². The number of imide groups is 1. The van der Waals surface area contributed by atoms with E-state index in [2.05, 4.69) is 0 Å². The molecule has 0 radical (unpaired) electrons. The maximum absolute atomic E-state index is 12.9. The molecular weight excluding hydrogens is 323 g/mol. The predicted molar refractivity (Wildman–Crippen MR) is 76.8 cm³/mol. The first-order valence-corrected chi connectivity index (χ1v) is 7.87. The van der Waals surface area contributed by atoms with Crippen LogP contribution < -0.4 is 4.90 Å². The average Bonchev–Trinajstić information content (AvgIpc) is 2.80. The lowest BCUT2D eigenvalue weighted by Crippen LogP contribution is -2.46. The van der Waals surface area contributed by atoms with Gasteiger partial charge < -0.3 is 0 Å². The van der Waals surface area contributed by atoms with Crippen LogP contribution in [0.1, 0.15) is 24.8 Å². The summed E-state index contributed by atoms with van der Waals surface area (Å²) in [6, 6.07) is 4.22. The fourth-order valence-corrected chi connectivity index (χ4v) is 4.46. The monoisotopic (exact) mass is 337 g/mol. The number of ketones is 1. The molecule has 1 saturated heterocycles. The van der Waals surface area contributed by atoms with Crippen LogP contribution in [-0.4, -0.2) is 17.6 Å². The van der Waals surface area contributed by atoms with Crippen LogP contribution in [0.3, 0.4) is 0 Å². The van der Waals surface area contributed by atoms with Crippen molar-refractivity contribution in [3.63, 3.8) is 0 Å². The van der Waals surface area contributed by atoms with Gasteiger partial charge in [0.05, 0.1) is 23.1 Å². The van der Waals surface area contributed by atoms with Gasteiger partial charge in [-0.15, -0.1) is 0 Å². The van der Waals surface area contributed by atoms with Crippen molar-refractivity contribution in [2.75, 3.05) is 4.90 Å². The van der Waals surface area contributed by atoms with Gasteiger partial charge >= 0.3 is 6.18 Å². The summed E-state index contributed by atoms with van der Waals surface area (Å²) in [6.45, 7) is 0. The second-order valence-electron chi connectivity index (χ2n) is 6.73. The van der Waals surface area contributed by atoms with Gasteiger partial charge in [-0.2, -0.15) is 13.2 Å². The molecule has 4 aliphatic rings. The number of amides is 2. The number of hydrogen-bond donors (Lipinski definition) is 0. The van der Waals surface area contributed by atoms with E-state index in [0.717, 1.165) is 17.0 Å². The summed E-state index contributed by atoms with van der Waals surface area (Å²) in [5.74, 6) is -2.90. The summed E-state index contributed by atoms with van der Waals surface area (Å²) in [6.07, 6.45) is -2.96. The van der Waals surface area contributed by atoms with Crippen LogP contribution in [0.2, 0.25) is 0 Å². The Labute approximate surface area is 135 Å². The molecule has 1 aromatic carbocycles. The van der Waals surface area contributed by atoms with Crippen LogP contribution in [-0.2, 0) is 20.6 Å². The summed E-state index contributed by atoms with van der Waals surface area (Å²) in [4.78, 5) is 38.3. The average molecular weight is 337 g/mol. The smallest absolute Gasteiger partial charge is 0.299 e. The third-order valence-corrected chi connectivity index (χ3v) is 5.50. The second-order valence-corrected chi connectivity index (χ2v) is 6.73. The zero-order valence-electron chi connectivity index (χ0n) is 12.5. The van der Waals surface area contributed by atoms with Gasteiger partial charge in [0.25, 0.3) is 0 Å². The molecule has 4 atom stereocenters. The minimum atomic E-state index is -4.55. The molecule has 4 unspecified atom stereocenters. The van der Waals surface area contributed by atoms with Crippen LogP contribution in [0.5, 0.6) is 0 Å². The highest BCUT2D eigenvalue weighted by Gasteiger charge is 2.61. The third kappa shape index (κ3) is 2.03. The molecule has 0 N–H and O–H groups in total. The van der Waals surface area contributed by atoms with Crippen LogP contribution in [0, 0.1) is 23.7 Å². The Morgan fingerprint density at radius 3 is 2.38 bits per heavy atom. The molecule has 3 aliphatic carbocycles. The van der Waals surface area contributed by atoms with Crippen molar-refractivity contribution in [1.82, 2.24) is 0 Å². The van der Waals surface area contributed by atoms with Crippen molar-refractivity contribution in [1.29, 1.82) is 0 Å². The van der Waals surface area contributed by atoms with E-state index in [1.54, 1.807) is 0 Å². The second kappa shape index (κ2) is 4.91. The molecule has 1 heterocycles. The van der Waals surface area contributed by atoms with E-state index in [-0.39, 0.29) is 17.4 Å². The summed E-state index contributed by atoms with van der Waals surface area (Å²) in [5.41, 5.74) is -0.976. The first kappa shape index (κ1) is 15.4. The lowest BCUT2D eigenvalue weighted by atomic mass is 9.59. The fraction of sp³-hybridized carbons (Fsp3) is 0.471. The van der Waals surface area contributed by atoms with Gasteiger partial charge in [-0.3, -0.25) is 19.3 Å². The molecule has 7 heteroatoms. The number of anilines is 1. The summed E-state index contributed by atoms with van der Waals surface area (Å²) < 4.78 is 38.7. The van der Waals surface area contributed by atoms with E-state index in [1.165, 1.54) is 12.1 Å². The van der Waals surface area contributed by atoms with Crippen LogP contribution >= 0.6 is 0 Å². The SMILES string of the molecule is O=C1CC2CCC1C1C(=O)N(c3cccc(C(F)(F)F)c3)C(=O)C21. The predicted octanol–water partition coefficient (Wildman–Crippen LogP) is 2.81. The molecule has 2 bridgehead atoms. The molecule has 2 amide bonds. The summed E-state index contributed by atoms with van der Waals surface area (Å²) in [7, 11) is 0. The van der Waals surface area contributed by atoms with Gasteiger partial charge in [-0.25, -0.2) is 0 Å². The van der Waals surface area contributed by atoms with Gasteiger partial charge in [0.2, 0.25) is 11.8 Å². The van der Waals surface area contributed by atoms with E-state index in [9.17, 15) is 27.6 Å². The highest BCUT2D eigenvalue weighted by Crippen LogP contribution is 2.52. The van der Waals surface area contributed by atoms with E-state index in [0.29, 0.717) is 19.3 Å². The molecule has 0 aromatic heterocycles. The number of rotatable bonds is 1. The van der Waals surface area contributed by atoms with E-state index in [4.69, 9.17) is 0 Å². The number of carbonyl (C=O) groups excluding carboxylic acids is 3. The first-order chi connectivity index (χ1) is 11.3. The molecule has 24 heavy (non-hydrogen) atoms. The van der Waals surface area contributed by atoms with Crippen LogP contribution in [0.15, 0.2) is 24.3 Å².